The van der Waals surface area contributed by atoms with Gasteiger partial charge in [-0.25, -0.2) is 4.98 Å². The van der Waals surface area contributed by atoms with Gasteiger partial charge in [0.25, 0.3) is 0 Å². The third-order valence-corrected chi connectivity index (χ3v) is 2.76. The first-order chi connectivity index (χ1) is 8.86. The number of nitrogens with zero attached hydrogens (tertiary/aromatic N) is 1. The van der Waals surface area contributed by atoms with Crippen molar-refractivity contribution in [2.45, 2.75) is 6.61 Å². The van der Waals surface area contributed by atoms with Crippen molar-refractivity contribution < 1.29 is 4.74 Å². The highest BCUT2D eigenvalue weighted by Crippen LogP contribution is 2.12. The van der Waals surface area contributed by atoms with Crippen molar-refractivity contribution in [3.05, 3.63) is 71.0 Å². The van der Waals surface area contributed by atoms with Crippen molar-refractivity contribution in [1.82, 2.24) is 4.98 Å². The largest absolute Gasteiger partial charge is 0.373 e. The van der Waals surface area contributed by atoms with Crippen molar-refractivity contribution in [3.63, 3.8) is 0 Å². The van der Waals surface area contributed by atoms with E-state index in [1.54, 1.807) is 6.20 Å². The molecule has 1 aromatic carbocycles. The van der Waals surface area contributed by atoms with Crippen LogP contribution in [-0.4, -0.2) is 11.6 Å². The smallest absolute Gasteiger partial charge is 0.134 e. The normalized spacial score (nSPS) is 10.9. The van der Waals surface area contributed by atoms with Gasteiger partial charge in [-0.3, -0.25) is 0 Å². The van der Waals surface area contributed by atoms with E-state index in [1.165, 1.54) is 5.56 Å². The van der Waals surface area contributed by atoms with Gasteiger partial charge in [0, 0.05) is 11.8 Å². The molecule has 0 bridgehead atoms. The summed E-state index contributed by atoms with van der Waals surface area (Å²) in [6.07, 6.45) is 5.69. The molecule has 2 rings (SSSR count). The maximum absolute atomic E-state index is 5.92. The minimum atomic E-state index is 0.478. The summed E-state index contributed by atoms with van der Waals surface area (Å²) < 4.78 is 5.51. The molecule has 2 aromatic rings. The van der Waals surface area contributed by atoms with Gasteiger partial charge in [-0.15, -0.1) is 0 Å². The van der Waals surface area contributed by atoms with Gasteiger partial charge in [-0.05, 0) is 11.6 Å². The molecule has 0 aliphatic rings. The summed E-state index contributed by atoms with van der Waals surface area (Å²) in [5.41, 5.74) is 2.08. The molecule has 0 spiro atoms. The van der Waals surface area contributed by atoms with Crippen LogP contribution in [0.1, 0.15) is 11.1 Å². The number of pyridine rings is 1. The number of hydrogen-bond donors (Lipinski definition) is 0. The molecule has 2 nitrogen and oxygen atoms in total. The lowest BCUT2D eigenvalue weighted by Crippen LogP contribution is -1.94. The van der Waals surface area contributed by atoms with E-state index in [0.29, 0.717) is 18.4 Å². The molecule has 0 aliphatic heterocycles. The van der Waals surface area contributed by atoms with Gasteiger partial charge < -0.3 is 4.74 Å². The Labute approximate surface area is 112 Å². The second-order valence-electron chi connectivity index (χ2n) is 3.78. The van der Waals surface area contributed by atoms with Crippen LogP contribution in [0.15, 0.2) is 54.7 Å². The lowest BCUT2D eigenvalue weighted by molar-refractivity contribution is 0.149. The average molecular weight is 260 g/mol. The molecule has 0 saturated heterocycles. The zero-order chi connectivity index (χ0) is 12.6. The summed E-state index contributed by atoms with van der Waals surface area (Å²) >= 11 is 5.92. The van der Waals surface area contributed by atoms with E-state index in [-0.39, 0.29) is 0 Å². The zero-order valence-corrected chi connectivity index (χ0v) is 10.7. The molecule has 0 amide bonds. The fourth-order valence-electron chi connectivity index (χ4n) is 1.51. The maximum atomic E-state index is 5.92. The minimum Gasteiger partial charge on any atom is -0.373 e. The van der Waals surface area contributed by atoms with E-state index < -0.39 is 0 Å². The number of rotatable bonds is 5. The Morgan fingerprint density at radius 1 is 1.11 bits per heavy atom. The van der Waals surface area contributed by atoms with Gasteiger partial charge in [0.15, 0.2) is 0 Å². The Hall–Kier alpha value is -1.64. The summed E-state index contributed by atoms with van der Waals surface area (Å²) in [4.78, 5) is 3.99. The molecule has 0 fully saturated rings. The Bertz CT molecular complexity index is 511. The van der Waals surface area contributed by atoms with Crippen molar-refractivity contribution in [2.24, 2.45) is 0 Å². The monoisotopic (exact) mass is 259 g/mol. The summed E-state index contributed by atoms with van der Waals surface area (Å²) in [5.74, 6) is 0. The zero-order valence-electron chi connectivity index (χ0n) is 9.92. The standard InChI is InChI=1S/C15H14ClNO/c16-15-14(9-4-10-17-15)12-18-11-5-8-13-6-2-1-3-7-13/h1-10H,11-12H2/b8-5+. The molecule has 0 saturated carbocycles. The molecule has 1 heterocycles. The second-order valence-corrected chi connectivity index (χ2v) is 4.14. The third kappa shape index (κ3) is 3.99. The van der Waals surface area contributed by atoms with E-state index in [4.69, 9.17) is 16.3 Å². The van der Waals surface area contributed by atoms with E-state index >= 15 is 0 Å². The lowest BCUT2D eigenvalue weighted by atomic mass is 10.2. The Morgan fingerprint density at radius 2 is 1.94 bits per heavy atom. The third-order valence-electron chi connectivity index (χ3n) is 2.42. The first-order valence-electron chi connectivity index (χ1n) is 5.75. The number of benzene rings is 1. The van der Waals surface area contributed by atoms with Gasteiger partial charge in [-0.2, -0.15) is 0 Å². The van der Waals surface area contributed by atoms with Gasteiger partial charge >= 0.3 is 0 Å². The van der Waals surface area contributed by atoms with Gasteiger partial charge in [0.05, 0.1) is 13.2 Å². The molecular weight excluding hydrogens is 246 g/mol. The predicted molar refractivity (Wildman–Crippen MR) is 74.4 cm³/mol. The Morgan fingerprint density at radius 3 is 2.72 bits per heavy atom. The summed E-state index contributed by atoms with van der Waals surface area (Å²) in [7, 11) is 0. The maximum Gasteiger partial charge on any atom is 0.134 e. The Kier molecular flexibility index (Phi) is 4.94. The van der Waals surface area contributed by atoms with Crippen LogP contribution in [0.2, 0.25) is 5.15 Å². The van der Waals surface area contributed by atoms with Crippen LogP contribution >= 0.6 is 11.6 Å². The minimum absolute atomic E-state index is 0.478. The number of ether oxygens (including phenoxy) is 1. The predicted octanol–water partition coefficient (Wildman–Crippen LogP) is 3.97. The fourth-order valence-corrected chi connectivity index (χ4v) is 1.69. The topological polar surface area (TPSA) is 22.1 Å². The molecule has 0 aliphatic carbocycles. The fraction of sp³-hybridized carbons (Fsp3) is 0.133. The number of aromatic nitrogens is 1. The average Bonchev–Trinajstić information content (AvgIpc) is 2.42. The lowest BCUT2D eigenvalue weighted by Gasteiger charge is -2.02. The summed E-state index contributed by atoms with van der Waals surface area (Å²) in [6.45, 7) is 1.03. The second kappa shape index (κ2) is 6.94. The first-order valence-corrected chi connectivity index (χ1v) is 6.13. The molecule has 0 N–H and O–H groups in total. The van der Waals surface area contributed by atoms with Crippen LogP contribution in [0, 0.1) is 0 Å². The molecule has 0 unspecified atom stereocenters. The van der Waals surface area contributed by atoms with Crippen LogP contribution in [0.3, 0.4) is 0 Å². The van der Waals surface area contributed by atoms with Crippen molar-refractivity contribution in [2.75, 3.05) is 6.61 Å². The number of hydrogen-bond acceptors (Lipinski definition) is 2. The molecule has 18 heavy (non-hydrogen) atoms. The van der Waals surface area contributed by atoms with Crippen molar-refractivity contribution >= 4 is 17.7 Å². The van der Waals surface area contributed by atoms with Crippen LogP contribution in [0.4, 0.5) is 0 Å². The van der Waals surface area contributed by atoms with Gasteiger partial charge in [0.2, 0.25) is 0 Å². The van der Waals surface area contributed by atoms with E-state index in [1.807, 2.05) is 42.5 Å². The SMILES string of the molecule is Clc1ncccc1COC/C=C/c1ccccc1. The van der Waals surface area contributed by atoms with Crippen LogP contribution in [0.5, 0.6) is 0 Å². The molecule has 1 aromatic heterocycles. The highest BCUT2D eigenvalue weighted by Gasteiger charge is 1.98. The summed E-state index contributed by atoms with van der Waals surface area (Å²) in [6, 6.07) is 13.9. The quantitative estimate of drug-likeness (QED) is 0.599. The van der Waals surface area contributed by atoms with Crippen LogP contribution < -0.4 is 0 Å². The van der Waals surface area contributed by atoms with Gasteiger partial charge in [-0.1, -0.05) is 60.2 Å². The van der Waals surface area contributed by atoms with E-state index in [2.05, 4.69) is 17.1 Å². The van der Waals surface area contributed by atoms with Crippen molar-refractivity contribution in [3.8, 4) is 0 Å². The molecule has 3 heteroatoms. The molecule has 0 atom stereocenters. The molecular formula is C15H14ClNO. The van der Waals surface area contributed by atoms with Crippen molar-refractivity contribution in [1.29, 1.82) is 0 Å². The molecule has 92 valence electrons. The van der Waals surface area contributed by atoms with E-state index in [9.17, 15) is 0 Å². The highest BCUT2D eigenvalue weighted by molar-refractivity contribution is 6.30. The first kappa shape index (κ1) is 12.8. The molecule has 0 radical (unpaired) electrons. The van der Waals surface area contributed by atoms with E-state index in [0.717, 1.165) is 5.56 Å². The van der Waals surface area contributed by atoms with Crippen LogP contribution in [-0.2, 0) is 11.3 Å². The van der Waals surface area contributed by atoms with Crippen LogP contribution in [0.25, 0.3) is 6.08 Å². The number of halogens is 1. The summed E-state index contributed by atoms with van der Waals surface area (Å²) in [5, 5.41) is 0.504. The van der Waals surface area contributed by atoms with Gasteiger partial charge in [0.1, 0.15) is 5.15 Å². The Balaban J connectivity index is 1.77. The highest BCUT2D eigenvalue weighted by atomic mass is 35.5.